The predicted molar refractivity (Wildman–Crippen MR) is 70.5 cm³/mol. The van der Waals surface area contributed by atoms with Gasteiger partial charge in [-0.3, -0.25) is 4.79 Å². The van der Waals surface area contributed by atoms with Gasteiger partial charge in [-0.05, 0) is 11.6 Å². The molecule has 0 aliphatic heterocycles. The number of carbonyl (C=O) groups excluding carboxylic acids is 1. The minimum atomic E-state index is -0.0866. The topological polar surface area (TPSA) is 70.7 Å². The van der Waals surface area contributed by atoms with Crippen LogP contribution in [0.2, 0.25) is 0 Å². The van der Waals surface area contributed by atoms with E-state index in [4.69, 9.17) is 0 Å². The molecule has 2 aromatic heterocycles. The Morgan fingerprint density at radius 3 is 3.11 bits per heavy atom. The highest BCUT2D eigenvalue weighted by atomic mass is 32.1. The molecule has 0 atom stereocenters. The van der Waals surface area contributed by atoms with Gasteiger partial charge in [-0.15, -0.1) is 10.2 Å². The van der Waals surface area contributed by atoms with Crippen molar-refractivity contribution in [1.82, 2.24) is 15.2 Å². The second kappa shape index (κ2) is 4.58. The molecular formula is C12H10N4OS. The van der Waals surface area contributed by atoms with Crippen LogP contribution in [-0.4, -0.2) is 21.1 Å². The molecule has 90 valence electrons. The van der Waals surface area contributed by atoms with E-state index >= 15 is 0 Å². The number of hydrogen-bond acceptors (Lipinski definition) is 4. The zero-order valence-electron chi connectivity index (χ0n) is 9.38. The molecule has 0 spiro atoms. The van der Waals surface area contributed by atoms with Gasteiger partial charge in [0.05, 0.1) is 6.42 Å². The van der Waals surface area contributed by atoms with Crippen molar-refractivity contribution in [2.45, 2.75) is 6.42 Å². The van der Waals surface area contributed by atoms with Crippen LogP contribution in [0.3, 0.4) is 0 Å². The van der Waals surface area contributed by atoms with E-state index in [0.717, 1.165) is 16.5 Å². The first kappa shape index (κ1) is 10.9. The number of fused-ring (bicyclic) bond motifs is 1. The first-order valence-corrected chi connectivity index (χ1v) is 6.32. The Morgan fingerprint density at radius 2 is 2.28 bits per heavy atom. The molecule has 1 amide bonds. The summed E-state index contributed by atoms with van der Waals surface area (Å²) in [6.07, 6.45) is 2.19. The molecule has 0 saturated carbocycles. The summed E-state index contributed by atoms with van der Waals surface area (Å²) < 4.78 is 0. The number of anilines is 1. The number of aromatic amines is 1. The van der Waals surface area contributed by atoms with Crippen molar-refractivity contribution in [3.05, 3.63) is 41.5 Å². The van der Waals surface area contributed by atoms with E-state index in [0.29, 0.717) is 11.6 Å². The third-order valence-corrected chi connectivity index (χ3v) is 3.24. The van der Waals surface area contributed by atoms with Gasteiger partial charge in [-0.1, -0.05) is 29.5 Å². The summed E-state index contributed by atoms with van der Waals surface area (Å²) in [4.78, 5) is 15.0. The van der Waals surface area contributed by atoms with E-state index in [9.17, 15) is 4.79 Å². The summed E-state index contributed by atoms with van der Waals surface area (Å²) in [7, 11) is 0. The SMILES string of the molecule is O=C(Cc1c[nH]c2ccccc12)Nc1nncs1. The van der Waals surface area contributed by atoms with E-state index in [-0.39, 0.29) is 5.91 Å². The van der Waals surface area contributed by atoms with Crippen molar-refractivity contribution in [2.24, 2.45) is 0 Å². The maximum absolute atomic E-state index is 11.8. The van der Waals surface area contributed by atoms with E-state index in [1.165, 1.54) is 11.3 Å². The molecule has 3 rings (SSSR count). The Morgan fingerprint density at radius 1 is 1.39 bits per heavy atom. The summed E-state index contributed by atoms with van der Waals surface area (Å²) >= 11 is 1.31. The number of amides is 1. The maximum Gasteiger partial charge on any atom is 0.230 e. The first-order valence-electron chi connectivity index (χ1n) is 5.44. The standard InChI is InChI=1S/C12H10N4OS/c17-11(15-12-16-14-7-18-12)5-8-6-13-10-4-2-1-3-9(8)10/h1-4,6-7,13H,5H2,(H,15,16,17). The molecular weight excluding hydrogens is 248 g/mol. The summed E-state index contributed by atoms with van der Waals surface area (Å²) in [5.74, 6) is -0.0866. The Bertz CT molecular complexity index is 674. The van der Waals surface area contributed by atoms with Crippen LogP contribution in [0.1, 0.15) is 5.56 Å². The molecule has 0 saturated heterocycles. The van der Waals surface area contributed by atoms with Crippen molar-refractivity contribution in [2.75, 3.05) is 5.32 Å². The molecule has 1 aromatic carbocycles. The molecule has 18 heavy (non-hydrogen) atoms. The van der Waals surface area contributed by atoms with Crippen molar-refractivity contribution in [3.63, 3.8) is 0 Å². The normalized spacial score (nSPS) is 10.7. The molecule has 2 heterocycles. The Balaban J connectivity index is 1.78. The van der Waals surface area contributed by atoms with Crippen molar-refractivity contribution in [3.8, 4) is 0 Å². The Kier molecular flexibility index (Phi) is 2.77. The fraction of sp³-hybridized carbons (Fsp3) is 0.0833. The van der Waals surface area contributed by atoms with E-state index in [1.807, 2.05) is 30.5 Å². The van der Waals surface area contributed by atoms with Gasteiger partial charge >= 0.3 is 0 Å². The second-order valence-corrected chi connectivity index (χ2v) is 4.66. The Labute approximate surface area is 107 Å². The summed E-state index contributed by atoms with van der Waals surface area (Å²) in [5, 5.41) is 11.8. The Hall–Kier alpha value is -2.21. The fourth-order valence-corrected chi connectivity index (χ4v) is 2.30. The van der Waals surface area contributed by atoms with Gasteiger partial charge in [0.1, 0.15) is 5.51 Å². The highest BCUT2D eigenvalue weighted by Gasteiger charge is 2.09. The zero-order valence-corrected chi connectivity index (χ0v) is 10.2. The van der Waals surface area contributed by atoms with Crippen molar-refractivity contribution >= 4 is 33.3 Å². The predicted octanol–water partition coefficient (Wildman–Crippen LogP) is 2.20. The number of benzene rings is 1. The number of para-hydroxylation sites is 1. The highest BCUT2D eigenvalue weighted by molar-refractivity contribution is 7.13. The maximum atomic E-state index is 11.8. The van der Waals surface area contributed by atoms with Gasteiger partial charge in [0.25, 0.3) is 0 Å². The minimum absolute atomic E-state index is 0.0866. The van der Waals surface area contributed by atoms with Crippen LogP contribution in [0.5, 0.6) is 0 Å². The third kappa shape index (κ3) is 2.10. The lowest BCUT2D eigenvalue weighted by molar-refractivity contribution is -0.115. The lowest BCUT2D eigenvalue weighted by Gasteiger charge is -2.00. The smallest absolute Gasteiger partial charge is 0.230 e. The molecule has 0 unspecified atom stereocenters. The number of carbonyl (C=O) groups is 1. The largest absolute Gasteiger partial charge is 0.361 e. The number of nitrogens with one attached hydrogen (secondary N) is 2. The number of aromatic nitrogens is 3. The van der Waals surface area contributed by atoms with Crippen LogP contribution in [0, 0.1) is 0 Å². The number of nitrogens with zero attached hydrogens (tertiary/aromatic N) is 2. The number of H-pyrrole nitrogens is 1. The lowest BCUT2D eigenvalue weighted by Crippen LogP contribution is -2.14. The van der Waals surface area contributed by atoms with Gasteiger partial charge in [-0.25, -0.2) is 0 Å². The van der Waals surface area contributed by atoms with E-state index < -0.39 is 0 Å². The van der Waals surface area contributed by atoms with Gasteiger partial charge in [-0.2, -0.15) is 0 Å². The quantitative estimate of drug-likeness (QED) is 0.756. The van der Waals surface area contributed by atoms with Gasteiger partial charge < -0.3 is 10.3 Å². The number of rotatable bonds is 3. The average Bonchev–Trinajstić information content (AvgIpc) is 3.00. The zero-order chi connectivity index (χ0) is 12.4. The second-order valence-electron chi connectivity index (χ2n) is 3.83. The number of hydrogen-bond donors (Lipinski definition) is 2. The van der Waals surface area contributed by atoms with Gasteiger partial charge in [0.2, 0.25) is 11.0 Å². The molecule has 0 aliphatic rings. The lowest BCUT2D eigenvalue weighted by atomic mass is 10.1. The van der Waals surface area contributed by atoms with E-state index in [1.54, 1.807) is 5.51 Å². The monoisotopic (exact) mass is 258 g/mol. The van der Waals surface area contributed by atoms with Crippen LogP contribution in [0.25, 0.3) is 10.9 Å². The van der Waals surface area contributed by atoms with Crippen LogP contribution in [0.4, 0.5) is 5.13 Å². The fourth-order valence-electron chi connectivity index (χ4n) is 1.84. The van der Waals surface area contributed by atoms with Crippen LogP contribution >= 0.6 is 11.3 Å². The average molecular weight is 258 g/mol. The summed E-state index contributed by atoms with van der Waals surface area (Å²) in [6, 6.07) is 7.91. The van der Waals surface area contributed by atoms with E-state index in [2.05, 4.69) is 20.5 Å². The molecule has 6 heteroatoms. The molecule has 5 nitrogen and oxygen atoms in total. The van der Waals surface area contributed by atoms with Crippen LogP contribution in [0.15, 0.2) is 36.0 Å². The van der Waals surface area contributed by atoms with Crippen LogP contribution < -0.4 is 5.32 Å². The van der Waals surface area contributed by atoms with Crippen LogP contribution in [-0.2, 0) is 11.2 Å². The third-order valence-electron chi connectivity index (χ3n) is 2.63. The van der Waals surface area contributed by atoms with Crippen molar-refractivity contribution < 1.29 is 4.79 Å². The molecule has 0 fully saturated rings. The highest BCUT2D eigenvalue weighted by Crippen LogP contribution is 2.18. The van der Waals surface area contributed by atoms with Crippen molar-refractivity contribution in [1.29, 1.82) is 0 Å². The summed E-state index contributed by atoms with van der Waals surface area (Å²) in [5.41, 5.74) is 3.60. The molecule has 2 N–H and O–H groups in total. The molecule has 3 aromatic rings. The molecule has 0 bridgehead atoms. The summed E-state index contributed by atoms with van der Waals surface area (Å²) in [6.45, 7) is 0. The van der Waals surface area contributed by atoms with Gasteiger partial charge in [0.15, 0.2) is 0 Å². The van der Waals surface area contributed by atoms with Gasteiger partial charge in [0, 0.05) is 17.1 Å². The molecule has 0 radical (unpaired) electrons. The minimum Gasteiger partial charge on any atom is -0.361 e. The molecule has 0 aliphatic carbocycles. The first-order chi connectivity index (χ1) is 8.83.